The molecule has 1 unspecified atom stereocenters. The Kier molecular flexibility index (Phi) is 4.80. The fourth-order valence-electron chi connectivity index (χ4n) is 2.61. The number of amidine groups is 1. The first-order chi connectivity index (χ1) is 10.0. The summed E-state index contributed by atoms with van der Waals surface area (Å²) >= 11 is 0. The Bertz CT molecular complexity index is 517. The molecule has 4 N–H and O–H groups in total. The van der Waals surface area contributed by atoms with Gasteiger partial charge >= 0.3 is 0 Å². The number of nitrogens with zero attached hydrogens (tertiary/aromatic N) is 2. The van der Waals surface area contributed by atoms with Crippen LogP contribution in [0.15, 0.2) is 29.4 Å². The predicted molar refractivity (Wildman–Crippen MR) is 79.3 cm³/mol. The number of hydrogen-bond acceptors (Lipinski definition) is 4. The molecule has 1 fully saturated rings. The van der Waals surface area contributed by atoms with Gasteiger partial charge in [0, 0.05) is 24.2 Å². The van der Waals surface area contributed by atoms with Crippen LogP contribution in [0.25, 0.3) is 0 Å². The van der Waals surface area contributed by atoms with E-state index in [1.54, 1.807) is 36.1 Å². The average Bonchev–Trinajstić information content (AvgIpc) is 2.53. The molecule has 0 saturated carbocycles. The molecule has 1 aliphatic rings. The van der Waals surface area contributed by atoms with E-state index in [2.05, 4.69) is 5.16 Å². The van der Waals surface area contributed by atoms with Crippen molar-refractivity contribution in [2.75, 3.05) is 13.1 Å². The van der Waals surface area contributed by atoms with Crippen molar-refractivity contribution in [2.24, 2.45) is 16.8 Å². The summed E-state index contributed by atoms with van der Waals surface area (Å²) in [5, 5.41) is 21.1. The van der Waals surface area contributed by atoms with Crippen molar-refractivity contribution in [3.05, 3.63) is 35.4 Å². The summed E-state index contributed by atoms with van der Waals surface area (Å²) in [4.78, 5) is 14.2. The van der Waals surface area contributed by atoms with E-state index in [1.807, 2.05) is 0 Å². The van der Waals surface area contributed by atoms with Gasteiger partial charge in [-0.2, -0.15) is 0 Å². The maximum absolute atomic E-state index is 12.4. The zero-order valence-electron chi connectivity index (χ0n) is 12.1. The number of carbonyl (C=O) groups excluding carboxylic acids is 1. The SMILES string of the molecule is CC(O)C1CCN(C(=O)c2ccc(/C(N)=N/O)cc2)CC1. The van der Waals surface area contributed by atoms with Gasteiger partial charge < -0.3 is 20.9 Å². The third-order valence-corrected chi connectivity index (χ3v) is 4.04. The minimum absolute atomic E-state index is 0.0201. The normalized spacial score (nSPS) is 18.6. The van der Waals surface area contributed by atoms with E-state index in [9.17, 15) is 9.90 Å². The minimum atomic E-state index is -0.317. The summed E-state index contributed by atoms with van der Waals surface area (Å²) in [6.07, 6.45) is 1.33. The summed E-state index contributed by atoms with van der Waals surface area (Å²) in [6, 6.07) is 6.67. The molecule has 0 radical (unpaired) electrons. The number of amides is 1. The Morgan fingerprint density at radius 2 is 1.81 bits per heavy atom. The molecule has 1 heterocycles. The van der Waals surface area contributed by atoms with Gasteiger partial charge in [-0.3, -0.25) is 4.79 Å². The van der Waals surface area contributed by atoms with Crippen LogP contribution in [-0.2, 0) is 0 Å². The van der Waals surface area contributed by atoms with Gasteiger partial charge in [0.15, 0.2) is 5.84 Å². The topological polar surface area (TPSA) is 99.2 Å². The number of rotatable bonds is 3. The lowest BCUT2D eigenvalue weighted by Crippen LogP contribution is -2.40. The van der Waals surface area contributed by atoms with Crippen molar-refractivity contribution in [2.45, 2.75) is 25.9 Å². The van der Waals surface area contributed by atoms with Crippen molar-refractivity contribution < 1.29 is 15.1 Å². The van der Waals surface area contributed by atoms with Gasteiger partial charge in [0.2, 0.25) is 0 Å². The molecule has 21 heavy (non-hydrogen) atoms. The van der Waals surface area contributed by atoms with Crippen LogP contribution in [-0.4, -0.2) is 46.1 Å². The molecule has 0 spiro atoms. The number of hydrogen-bond donors (Lipinski definition) is 3. The second kappa shape index (κ2) is 6.58. The van der Waals surface area contributed by atoms with Gasteiger partial charge in [-0.05, 0) is 37.8 Å². The molecule has 0 aliphatic carbocycles. The molecule has 1 saturated heterocycles. The highest BCUT2D eigenvalue weighted by Gasteiger charge is 2.25. The summed E-state index contributed by atoms with van der Waals surface area (Å²) in [5.41, 5.74) is 6.64. The molecular weight excluding hydrogens is 270 g/mol. The fourth-order valence-corrected chi connectivity index (χ4v) is 2.61. The number of carbonyl (C=O) groups is 1. The van der Waals surface area contributed by atoms with Crippen LogP contribution in [0.4, 0.5) is 0 Å². The Labute approximate surface area is 123 Å². The first-order valence-corrected chi connectivity index (χ1v) is 7.08. The molecule has 1 amide bonds. The number of likely N-dealkylation sites (tertiary alicyclic amines) is 1. The van der Waals surface area contributed by atoms with Crippen molar-refractivity contribution in [3.63, 3.8) is 0 Å². The first kappa shape index (κ1) is 15.3. The lowest BCUT2D eigenvalue weighted by Gasteiger charge is -2.33. The number of oxime groups is 1. The number of piperidine rings is 1. The summed E-state index contributed by atoms with van der Waals surface area (Å²) < 4.78 is 0. The van der Waals surface area contributed by atoms with Crippen molar-refractivity contribution in [1.82, 2.24) is 4.90 Å². The Morgan fingerprint density at radius 1 is 1.29 bits per heavy atom. The molecule has 114 valence electrons. The van der Waals surface area contributed by atoms with E-state index in [0.717, 1.165) is 12.8 Å². The van der Waals surface area contributed by atoms with Crippen LogP contribution in [0.2, 0.25) is 0 Å². The minimum Gasteiger partial charge on any atom is -0.409 e. The van der Waals surface area contributed by atoms with E-state index in [1.165, 1.54) is 0 Å². The van der Waals surface area contributed by atoms with Crippen LogP contribution < -0.4 is 5.73 Å². The molecule has 6 heteroatoms. The Balaban J connectivity index is 2.01. The largest absolute Gasteiger partial charge is 0.409 e. The fraction of sp³-hybridized carbons (Fsp3) is 0.467. The van der Waals surface area contributed by atoms with Crippen LogP contribution in [0.5, 0.6) is 0 Å². The molecule has 1 aromatic carbocycles. The molecule has 0 aromatic heterocycles. The quantitative estimate of drug-likeness (QED) is 0.335. The van der Waals surface area contributed by atoms with Gasteiger partial charge in [-0.25, -0.2) is 0 Å². The van der Waals surface area contributed by atoms with Crippen LogP contribution in [0.3, 0.4) is 0 Å². The van der Waals surface area contributed by atoms with E-state index < -0.39 is 0 Å². The predicted octanol–water partition coefficient (Wildman–Crippen LogP) is 1.01. The maximum Gasteiger partial charge on any atom is 0.253 e. The smallest absolute Gasteiger partial charge is 0.253 e. The van der Waals surface area contributed by atoms with Gasteiger partial charge in [0.25, 0.3) is 5.91 Å². The van der Waals surface area contributed by atoms with Gasteiger partial charge in [-0.1, -0.05) is 17.3 Å². The van der Waals surface area contributed by atoms with Gasteiger partial charge in [0.05, 0.1) is 6.10 Å². The zero-order chi connectivity index (χ0) is 15.4. The lowest BCUT2D eigenvalue weighted by molar-refractivity contribution is 0.0521. The third-order valence-electron chi connectivity index (χ3n) is 4.04. The number of nitrogens with two attached hydrogens (primary N) is 1. The molecule has 1 aliphatic heterocycles. The second-order valence-electron chi connectivity index (χ2n) is 5.43. The Morgan fingerprint density at radius 3 is 2.29 bits per heavy atom. The molecule has 6 nitrogen and oxygen atoms in total. The summed E-state index contributed by atoms with van der Waals surface area (Å²) in [5.74, 6) is 0.272. The Hall–Kier alpha value is -2.08. The highest BCUT2D eigenvalue weighted by atomic mass is 16.4. The summed E-state index contributed by atoms with van der Waals surface area (Å²) in [7, 11) is 0. The second-order valence-corrected chi connectivity index (χ2v) is 5.43. The molecule has 0 bridgehead atoms. The summed E-state index contributed by atoms with van der Waals surface area (Å²) in [6.45, 7) is 3.13. The maximum atomic E-state index is 12.4. The highest BCUT2D eigenvalue weighted by Crippen LogP contribution is 2.22. The third kappa shape index (κ3) is 3.52. The molecule has 2 rings (SSSR count). The van der Waals surface area contributed by atoms with Crippen molar-refractivity contribution in [3.8, 4) is 0 Å². The lowest BCUT2D eigenvalue weighted by atomic mass is 9.92. The number of aliphatic hydroxyl groups is 1. The van der Waals surface area contributed by atoms with Crippen molar-refractivity contribution >= 4 is 11.7 Å². The van der Waals surface area contributed by atoms with E-state index in [0.29, 0.717) is 24.2 Å². The molecule has 1 aromatic rings. The number of aliphatic hydroxyl groups excluding tert-OH is 1. The van der Waals surface area contributed by atoms with Crippen LogP contribution >= 0.6 is 0 Å². The highest BCUT2D eigenvalue weighted by molar-refractivity contribution is 5.99. The monoisotopic (exact) mass is 291 g/mol. The van der Waals surface area contributed by atoms with Crippen LogP contribution in [0, 0.1) is 5.92 Å². The molecule has 1 atom stereocenters. The standard InChI is InChI=1S/C15H21N3O3/c1-10(19)11-6-8-18(9-7-11)15(20)13-4-2-12(3-5-13)14(16)17-21/h2-5,10-11,19,21H,6-9H2,1H3,(H2,16,17). The van der Waals surface area contributed by atoms with Crippen LogP contribution in [0.1, 0.15) is 35.7 Å². The zero-order valence-corrected chi connectivity index (χ0v) is 12.1. The van der Waals surface area contributed by atoms with E-state index in [4.69, 9.17) is 10.9 Å². The van der Waals surface area contributed by atoms with E-state index in [-0.39, 0.29) is 23.8 Å². The van der Waals surface area contributed by atoms with Gasteiger partial charge in [-0.15, -0.1) is 0 Å². The molecular formula is C15H21N3O3. The number of benzene rings is 1. The van der Waals surface area contributed by atoms with Gasteiger partial charge in [0.1, 0.15) is 0 Å². The average molecular weight is 291 g/mol. The van der Waals surface area contributed by atoms with Crippen molar-refractivity contribution in [1.29, 1.82) is 0 Å². The van der Waals surface area contributed by atoms with E-state index >= 15 is 0 Å². The first-order valence-electron chi connectivity index (χ1n) is 7.08.